The van der Waals surface area contributed by atoms with Crippen LogP contribution in [0.3, 0.4) is 0 Å². The molecule has 1 aromatic heterocycles. The molecule has 4 nitrogen and oxygen atoms in total. The molecule has 0 radical (unpaired) electrons. The number of aromatic nitrogens is 2. The summed E-state index contributed by atoms with van der Waals surface area (Å²) in [6, 6.07) is 13.7. The summed E-state index contributed by atoms with van der Waals surface area (Å²) in [5, 5.41) is 4.17. The molecule has 1 N–H and O–H groups in total. The Labute approximate surface area is 125 Å². The molecular weight excluding hydrogens is 318 g/mol. The third-order valence-corrected chi connectivity index (χ3v) is 3.43. The largest absolute Gasteiger partial charge is 0.496 e. The van der Waals surface area contributed by atoms with Gasteiger partial charge in [-0.1, -0.05) is 28.1 Å². The van der Waals surface area contributed by atoms with Crippen LogP contribution in [-0.2, 0) is 0 Å². The molecule has 0 saturated heterocycles. The van der Waals surface area contributed by atoms with Gasteiger partial charge >= 0.3 is 0 Å². The summed E-state index contributed by atoms with van der Waals surface area (Å²) in [6.07, 6.45) is 1.54. The number of fused-ring (bicyclic) bond motifs is 1. The molecule has 0 bridgehead atoms. The van der Waals surface area contributed by atoms with Crippen LogP contribution in [0.1, 0.15) is 0 Å². The number of hydrogen-bond acceptors (Lipinski definition) is 4. The maximum atomic E-state index is 5.40. The summed E-state index contributed by atoms with van der Waals surface area (Å²) in [5.41, 5.74) is 1.79. The van der Waals surface area contributed by atoms with Crippen LogP contribution in [0.2, 0.25) is 0 Å². The summed E-state index contributed by atoms with van der Waals surface area (Å²) in [4.78, 5) is 8.59. The first-order chi connectivity index (χ1) is 9.78. The van der Waals surface area contributed by atoms with Crippen molar-refractivity contribution in [2.75, 3.05) is 12.4 Å². The zero-order chi connectivity index (χ0) is 13.9. The van der Waals surface area contributed by atoms with Gasteiger partial charge in [0.2, 0.25) is 0 Å². The zero-order valence-corrected chi connectivity index (χ0v) is 12.4. The van der Waals surface area contributed by atoms with Crippen LogP contribution >= 0.6 is 15.9 Å². The van der Waals surface area contributed by atoms with Crippen LogP contribution in [0.15, 0.2) is 53.3 Å². The molecule has 0 spiro atoms. The van der Waals surface area contributed by atoms with Crippen LogP contribution < -0.4 is 10.1 Å². The highest BCUT2D eigenvalue weighted by molar-refractivity contribution is 9.10. The zero-order valence-electron chi connectivity index (χ0n) is 10.8. The van der Waals surface area contributed by atoms with E-state index in [0.29, 0.717) is 0 Å². The maximum absolute atomic E-state index is 5.40. The van der Waals surface area contributed by atoms with E-state index < -0.39 is 0 Å². The van der Waals surface area contributed by atoms with Crippen molar-refractivity contribution in [3.05, 3.63) is 53.3 Å². The standard InChI is InChI=1S/C15H12BrN3O/c1-20-13-7-3-6-12-14(13)15(18-9-17-12)19-11-5-2-4-10(16)8-11/h2-9H,1H3,(H,17,18,19). The molecule has 100 valence electrons. The second-order valence-corrected chi connectivity index (χ2v) is 5.13. The third-order valence-electron chi connectivity index (χ3n) is 2.93. The minimum atomic E-state index is 0.727. The lowest BCUT2D eigenvalue weighted by molar-refractivity contribution is 0.420. The third kappa shape index (κ3) is 2.44. The van der Waals surface area contributed by atoms with E-state index in [1.807, 2.05) is 42.5 Å². The topological polar surface area (TPSA) is 47.0 Å². The summed E-state index contributed by atoms with van der Waals surface area (Å²) in [5.74, 6) is 1.48. The predicted octanol–water partition coefficient (Wildman–Crippen LogP) is 4.14. The number of nitrogens with zero attached hydrogens (tertiary/aromatic N) is 2. The second kappa shape index (κ2) is 5.46. The van der Waals surface area contributed by atoms with Crippen LogP contribution in [0.25, 0.3) is 10.9 Å². The maximum Gasteiger partial charge on any atom is 0.145 e. The summed E-state index contributed by atoms with van der Waals surface area (Å²) < 4.78 is 6.41. The van der Waals surface area contributed by atoms with E-state index in [1.54, 1.807) is 13.4 Å². The number of anilines is 2. The van der Waals surface area contributed by atoms with E-state index in [-0.39, 0.29) is 0 Å². The average molecular weight is 330 g/mol. The van der Waals surface area contributed by atoms with Crippen LogP contribution in [0, 0.1) is 0 Å². The first-order valence-electron chi connectivity index (χ1n) is 6.08. The van der Waals surface area contributed by atoms with Gasteiger partial charge < -0.3 is 10.1 Å². The van der Waals surface area contributed by atoms with E-state index in [0.717, 1.165) is 32.6 Å². The minimum absolute atomic E-state index is 0.727. The molecule has 0 fully saturated rings. The normalized spacial score (nSPS) is 10.5. The van der Waals surface area contributed by atoms with E-state index >= 15 is 0 Å². The first-order valence-corrected chi connectivity index (χ1v) is 6.87. The highest BCUT2D eigenvalue weighted by Gasteiger charge is 2.09. The average Bonchev–Trinajstić information content (AvgIpc) is 2.47. The van der Waals surface area contributed by atoms with E-state index in [4.69, 9.17) is 4.74 Å². The van der Waals surface area contributed by atoms with Crippen LogP contribution in [-0.4, -0.2) is 17.1 Å². The summed E-state index contributed by atoms with van der Waals surface area (Å²) in [6.45, 7) is 0. The molecule has 0 saturated carbocycles. The van der Waals surface area contributed by atoms with Crippen LogP contribution in [0.4, 0.5) is 11.5 Å². The fourth-order valence-electron chi connectivity index (χ4n) is 2.05. The molecule has 0 aliphatic carbocycles. The molecule has 3 aromatic rings. The van der Waals surface area contributed by atoms with Crippen molar-refractivity contribution in [1.29, 1.82) is 0 Å². The molecule has 20 heavy (non-hydrogen) atoms. The van der Waals surface area contributed by atoms with Gasteiger partial charge in [-0.3, -0.25) is 0 Å². The lowest BCUT2D eigenvalue weighted by Crippen LogP contribution is -1.97. The molecule has 0 atom stereocenters. The molecule has 1 heterocycles. The molecule has 2 aromatic carbocycles. The van der Waals surface area contributed by atoms with Gasteiger partial charge in [-0.15, -0.1) is 0 Å². The fourth-order valence-corrected chi connectivity index (χ4v) is 2.45. The SMILES string of the molecule is COc1cccc2ncnc(Nc3cccc(Br)c3)c12. The Morgan fingerprint density at radius 2 is 1.95 bits per heavy atom. The Morgan fingerprint density at radius 3 is 2.75 bits per heavy atom. The predicted molar refractivity (Wildman–Crippen MR) is 83.5 cm³/mol. The highest BCUT2D eigenvalue weighted by atomic mass is 79.9. The lowest BCUT2D eigenvalue weighted by atomic mass is 10.2. The number of methoxy groups -OCH3 is 1. The Hall–Kier alpha value is -2.14. The van der Waals surface area contributed by atoms with Gasteiger partial charge in [-0.25, -0.2) is 9.97 Å². The Morgan fingerprint density at radius 1 is 1.10 bits per heavy atom. The van der Waals surface area contributed by atoms with Crippen molar-refractivity contribution in [3.8, 4) is 5.75 Å². The number of hydrogen-bond donors (Lipinski definition) is 1. The van der Waals surface area contributed by atoms with Gasteiger partial charge in [-0.05, 0) is 30.3 Å². The van der Waals surface area contributed by atoms with E-state index in [2.05, 4.69) is 31.2 Å². The molecule has 3 rings (SSSR count). The Balaban J connectivity index is 2.11. The van der Waals surface area contributed by atoms with Crippen molar-refractivity contribution < 1.29 is 4.74 Å². The van der Waals surface area contributed by atoms with Gasteiger partial charge in [-0.2, -0.15) is 0 Å². The molecule has 0 unspecified atom stereocenters. The van der Waals surface area contributed by atoms with Crippen molar-refractivity contribution in [2.24, 2.45) is 0 Å². The molecule has 5 heteroatoms. The smallest absolute Gasteiger partial charge is 0.145 e. The van der Waals surface area contributed by atoms with Gasteiger partial charge in [0.1, 0.15) is 17.9 Å². The molecule has 0 aliphatic heterocycles. The minimum Gasteiger partial charge on any atom is -0.496 e. The Kier molecular flexibility index (Phi) is 3.52. The number of ether oxygens (including phenoxy) is 1. The summed E-state index contributed by atoms with van der Waals surface area (Å²) in [7, 11) is 1.64. The molecule has 0 aliphatic rings. The lowest BCUT2D eigenvalue weighted by Gasteiger charge is -2.11. The molecular formula is C15H12BrN3O. The highest BCUT2D eigenvalue weighted by Crippen LogP contribution is 2.31. The van der Waals surface area contributed by atoms with Crippen molar-refractivity contribution in [1.82, 2.24) is 9.97 Å². The van der Waals surface area contributed by atoms with Crippen LogP contribution in [0.5, 0.6) is 5.75 Å². The van der Waals surface area contributed by atoms with Gasteiger partial charge in [0.05, 0.1) is 18.0 Å². The number of nitrogens with one attached hydrogen (secondary N) is 1. The van der Waals surface area contributed by atoms with E-state index in [9.17, 15) is 0 Å². The molecule has 0 amide bonds. The van der Waals surface area contributed by atoms with Crippen molar-refractivity contribution in [2.45, 2.75) is 0 Å². The van der Waals surface area contributed by atoms with E-state index in [1.165, 1.54) is 0 Å². The Bertz CT molecular complexity index is 756. The van der Waals surface area contributed by atoms with Crippen molar-refractivity contribution >= 4 is 38.3 Å². The first kappa shape index (κ1) is 12.9. The summed E-state index contributed by atoms with van der Waals surface area (Å²) >= 11 is 3.46. The van der Waals surface area contributed by atoms with Gasteiger partial charge in [0.25, 0.3) is 0 Å². The van der Waals surface area contributed by atoms with Gasteiger partial charge in [0.15, 0.2) is 0 Å². The van der Waals surface area contributed by atoms with Crippen molar-refractivity contribution in [3.63, 3.8) is 0 Å². The quantitative estimate of drug-likeness (QED) is 0.784. The number of halogens is 1. The second-order valence-electron chi connectivity index (χ2n) is 4.21. The van der Waals surface area contributed by atoms with Gasteiger partial charge in [0, 0.05) is 10.2 Å². The fraction of sp³-hybridized carbons (Fsp3) is 0.0667. The monoisotopic (exact) mass is 329 g/mol. The number of rotatable bonds is 3. The number of benzene rings is 2.